The van der Waals surface area contributed by atoms with Crippen LogP contribution in [0.15, 0.2) is 18.2 Å². The molecule has 2 aliphatic heterocycles. The fourth-order valence-corrected chi connectivity index (χ4v) is 2.66. The molecule has 0 amide bonds. The molecule has 1 aromatic rings. The lowest BCUT2D eigenvalue weighted by atomic mass is 9.94. The molecule has 1 atom stereocenters. The van der Waals surface area contributed by atoms with Crippen LogP contribution in [-0.4, -0.2) is 32.4 Å². The van der Waals surface area contributed by atoms with Crippen LogP contribution in [0.1, 0.15) is 24.7 Å². The minimum atomic E-state index is -0.474. The lowest BCUT2D eigenvalue weighted by Gasteiger charge is -2.31. The van der Waals surface area contributed by atoms with Gasteiger partial charge in [-0.25, -0.2) is 4.39 Å². The summed E-state index contributed by atoms with van der Waals surface area (Å²) in [5.41, 5.74) is 0.500. The van der Waals surface area contributed by atoms with Crippen LogP contribution in [-0.2, 0) is 9.47 Å². The van der Waals surface area contributed by atoms with E-state index in [9.17, 15) is 4.39 Å². The van der Waals surface area contributed by atoms with Crippen molar-refractivity contribution in [2.45, 2.75) is 24.7 Å². The molecule has 1 unspecified atom stereocenters. The van der Waals surface area contributed by atoms with Crippen molar-refractivity contribution in [3.63, 3.8) is 0 Å². The summed E-state index contributed by atoms with van der Waals surface area (Å²) in [4.78, 5) is 0. The Kier molecular flexibility index (Phi) is 3.43. The van der Waals surface area contributed by atoms with Gasteiger partial charge in [-0.3, -0.25) is 0 Å². The first-order chi connectivity index (χ1) is 9.22. The van der Waals surface area contributed by atoms with Gasteiger partial charge >= 0.3 is 0 Å². The van der Waals surface area contributed by atoms with Crippen molar-refractivity contribution in [3.8, 4) is 5.75 Å². The Labute approximate surface area is 111 Å². The van der Waals surface area contributed by atoms with Gasteiger partial charge in [-0.1, -0.05) is 6.07 Å². The molecule has 0 radical (unpaired) electrons. The van der Waals surface area contributed by atoms with Crippen molar-refractivity contribution >= 4 is 0 Å². The van der Waals surface area contributed by atoms with Gasteiger partial charge in [0.1, 0.15) is 0 Å². The van der Waals surface area contributed by atoms with Gasteiger partial charge in [0.25, 0.3) is 0 Å². The maximum atomic E-state index is 13.7. The molecule has 4 nitrogen and oxygen atoms in total. The number of piperidine rings is 1. The molecule has 0 saturated carbocycles. The first kappa shape index (κ1) is 12.8. The smallest absolute Gasteiger partial charge is 0.184 e. The second kappa shape index (κ2) is 5.07. The molecule has 2 heterocycles. The fourth-order valence-electron chi connectivity index (χ4n) is 2.66. The van der Waals surface area contributed by atoms with E-state index in [1.54, 1.807) is 12.1 Å². The Morgan fingerprint density at radius 3 is 2.84 bits per heavy atom. The quantitative estimate of drug-likeness (QED) is 0.889. The molecule has 1 aromatic carbocycles. The van der Waals surface area contributed by atoms with Gasteiger partial charge in [-0.15, -0.1) is 0 Å². The average Bonchev–Trinajstić information content (AvgIpc) is 2.83. The first-order valence-electron chi connectivity index (χ1n) is 6.56. The normalized spacial score (nSPS) is 25.7. The van der Waals surface area contributed by atoms with Crippen molar-refractivity contribution in [1.82, 2.24) is 5.32 Å². The highest BCUT2D eigenvalue weighted by Crippen LogP contribution is 2.39. The molecular weight excluding hydrogens is 249 g/mol. The van der Waals surface area contributed by atoms with E-state index < -0.39 is 12.1 Å². The molecule has 2 saturated heterocycles. The Balaban J connectivity index is 1.75. The monoisotopic (exact) mass is 267 g/mol. The van der Waals surface area contributed by atoms with Crippen LogP contribution in [0.3, 0.4) is 0 Å². The fraction of sp³-hybridized carbons (Fsp3) is 0.571. The van der Waals surface area contributed by atoms with Crippen LogP contribution in [0, 0.1) is 5.82 Å². The number of hydrogen-bond donors (Lipinski definition) is 1. The molecule has 2 fully saturated rings. The standard InChI is InChI=1S/C14H18FNO3/c1-17-12-3-2-10(8-11(12)15)13-18-9-14(19-13)4-6-16-7-5-14/h2-3,8,13,16H,4-7,9H2,1H3. The summed E-state index contributed by atoms with van der Waals surface area (Å²) < 4.78 is 30.3. The topological polar surface area (TPSA) is 39.7 Å². The zero-order chi connectivity index (χ0) is 13.3. The number of hydrogen-bond acceptors (Lipinski definition) is 4. The third-order valence-corrected chi connectivity index (χ3v) is 3.82. The lowest BCUT2D eigenvalue weighted by molar-refractivity contribution is -0.101. The molecule has 19 heavy (non-hydrogen) atoms. The molecule has 2 aliphatic rings. The highest BCUT2D eigenvalue weighted by molar-refractivity contribution is 5.30. The van der Waals surface area contributed by atoms with Crippen molar-refractivity contribution in [2.75, 3.05) is 26.8 Å². The minimum Gasteiger partial charge on any atom is -0.494 e. The van der Waals surface area contributed by atoms with Gasteiger partial charge in [-0.05, 0) is 38.1 Å². The van der Waals surface area contributed by atoms with E-state index in [1.807, 2.05) is 0 Å². The van der Waals surface area contributed by atoms with Gasteiger partial charge < -0.3 is 19.5 Å². The third kappa shape index (κ3) is 2.45. The van der Waals surface area contributed by atoms with E-state index in [1.165, 1.54) is 13.2 Å². The molecule has 1 spiro atoms. The van der Waals surface area contributed by atoms with E-state index >= 15 is 0 Å². The summed E-state index contributed by atoms with van der Waals surface area (Å²) in [7, 11) is 1.45. The van der Waals surface area contributed by atoms with Crippen molar-refractivity contribution in [2.24, 2.45) is 0 Å². The Hall–Kier alpha value is -1.17. The maximum Gasteiger partial charge on any atom is 0.184 e. The summed E-state index contributed by atoms with van der Waals surface area (Å²) in [5.74, 6) is -0.156. The predicted molar refractivity (Wildman–Crippen MR) is 67.6 cm³/mol. The molecule has 1 N–H and O–H groups in total. The average molecular weight is 267 g/mol. The van der Waals surface area contributed by atoms with E-state index in [-0.39, 0.29) is 11.4 Å². The molecule has 5 heteroatoms. The number of halogens is 1. The van der Waals surface area contributed by atoms with Gasteiger partial charge in [0.2, 0.25) is 0 Å². The van der Waals surface area contributed by atoms with E-state index in [0.717, 1.165) is 25.9 Å². The molecule has 3 rings (SSSR count). The zero-order valence-electron chi connectivity index (χ0n) is 10.9. The summed E-state index contributed by atoms with van der Waals surface area (Å²) in [6.07, 6.45) is 1.39. The number of methoxy groups -OCH3 is 1. The minimum absolute atomic E-state index is 0.202. The molecular formula is C14H18FNO3. The van der Waals surface area contributed by atoms with Crippen LogP contribution in [0.25, 0.3) is 0 Å². The number of nitrogens with one attached hydrogen (secondary N) is 1. The zero-order valence-corrected chi connectivity index (χ0v) is 10.9. The second-order valence-corrected chi connectivity index (χ2v) is 5.09. The second-order valence-electron chi connectivity index (χ2n) is 5.09. The third-order valence-electron chi connectivity index (χ3n) is 3.82. The lowest BCUT2D eigenvalue weighted by Crippen LogP contribution is -2.43. The summed E-state index contributed by atoms with van der Waals surface area (Å²) in [6.45, 7) is 2.45. The predicted octanol–water partition coefficient (Wildman–Crippen LogP) is 2.00. The molecule has 0 aliphatic carbocycles. The highest BCUT2D eigenvalue weighted by Gasteiger charge is 2.42. The summed E-state index contributed by atoms with van der Waals surface area (Å²) in [5, 5.41) is 3.30. The van der Waals surface area contributed by atoms with Crippen LogP contribution >= 0.6 is 0 Å². The number of ether oxygens (including phenoxy) is 3. The Morgan fingerprint density at radius 2 is 2.16 bits per heavy atom. The SMILES string of the molecule is COc1ccc(C2OCC3(CCNCC3)O2)cc1F. The van der Waals surface area contributed by atoms with Gasteiger partial charge in [0, 0.05) is 5.56 Å². The van der Waals surface area contributed by atoms with E-state index in [0.29, 0.717) is 12.2 Å². The Morgan fingerprint density at radius 1 is 1.37 bits per heavy atom. The highest BCUT2D eigenvalue weighted by atomic mass is 19.1. The maximum absolute atomic E-state index is 13.7. The van der Waals surface area contributed by atoms with Crippen LogP contribution in [0.5, 0.6) is 5.75 Å². The number of rotatable bonds is 2. The van der Waals surface area contributed by atoms with Crippen molar-refractivity contribution in [1.29, 1.82) is 0 Å². The van der Waals surface area contributed by atoms with Gasteiger partial charge in [0.05, 0.1) is 19.3 Å². The van der Waals surface area contributed by atoms with E-state index in [2.05, 4.69) is 5.32 Å². The van der Waals surface area contributed by atoms with Crippen LogP contribution in [0.4, 0.5) is 4.39 Å². The molecule has 0 bridgehead atoms. The van der Waals surface area contributed by atoms with Crippen molar-refractivity contribution in [3.05, 3.63) is 29.6 Å². The Bertz CT molecular complexity index is 460. The van der Waals surface area contributed by atoms with Gasteiger partial charge in [0.15, 0.2) is 17.9 Å². The van der Waals surface area contributed by atoms with Crippen molar-refractivity contribution < 1.29 is 18.6 Å². The largest absolute Gasteiger partial charge is 0.494 e. The van der Waals surface area contributed by atoms with Gasteiger partial charge in [-0.2, -0.15) is 0 Å². The number of benzene rings is 1. The first-order valence-corrected chi connectivity index (χ1v) is 6.56. The molecule has 0 aromatic heterocycles. The van der Waals surface area contributed by atoms with Crippen LogP contribution < -0.4 is 10.1 Å². The van der Waals surface area contributed by atoms with E-state index in [4.69, 9.17) is 14.2 Å². The van der Waals surface area contributed by atoms with Crippen LogP contribution in [0.2, 0.25) is 0 Å². The summed E-state index contributed by atoms with van der Waals surface area (Å²) >= 11 is 0. The molecule has 104 valence electrons. The summed E-state index contributed by atoms with van der Waals surface area (Å²) in [6, 6.07) is 4.81.